The number of H-pyrrole nitrogens is 1. The SMILES string of the molecule is C=CCCCOC(=O)c1nc(CCCC=C)oc1-c1c[nH]c2ccccc12. The van der Waals surface area contributed by atoms with Crippen LogP contribution in [0.25, 0.3) is 22.2 Å². The fourth-order valence-electron chi connectivity index (χ4n) is 2.91. The molecule has 0 saturated carbocycles. The number of aryl methyl sites for hydroxylation is 1. The number of esters is 1. The monoisotopic (exact) mass is 364 g/mol. The summed E-state index contributed by atoms with van der Waals surface area (Å²) in [5, 5.41) is 0.979. The highest BCUT2D eigenvalue weighted by molar-refractivity contribution is 6.01. The molecule has 5 heteroatoms. The third-order valence-corrected chi connectivity index (χ3v) is 4.28. The predicted octanol–water partition coefficient (Wildman–Crippen LogP) is 5.45. The lowest BCUT2D eigenvalue weighted by Gasteiger charge is -2.02. The highest BCUT2D eigenvalue weighted by Crippen LogP contribution is 2.32. The summed E-state index contributed by atoms with van der Waals surface area (Å²) in [6.45, 7) is 7.73. The Morgan fingerprint density at radius 1 is 1.19 bits per heavy atom. The molecule has 5 nitrogen and oxygen atoms in total. The van der Waals surface area contributed by atoms with Gasteiger partial charge in [0.1, 0.15) is 0 Å². The molecule has 0 bridgehead atoms. The third-order valence-electron chi connectivity index (χ3n) is 4.28. The van der Waals surface area contributed by atoms with E-state index < -0.39 is 5.97 Å². The van der Waals surface area contributed by atoms with E-state index >= 15 is 0 Å². The first-order chi connectivity index (χ1) is 13.2. The number of fused-ring (bicyclic) bond motifs is 1. The van der Waals surface area contributed by atoms with Crippen molar-refractivity contribution in [2.75, 3.05) is 6.61 Å². The van der Waals surface area contributed by atoms with Crippen LogP contribution < -0.4 is 0 Å². The normalized spacial score (nSPS) is 10.8. The zero-order chi connectivity index (χ0) is 19.1. The summed E-state index contributed by atoms with van der Waals surface area (Å²) in [5.74, 6) is 0.531. The maximum absolute atomic E-state index is 12.6. The lowest BCUT2D eigenvalue weighted by molar-refractivity contribution is 0.0495. The minimum Gasteiger partial charge on any atom is -0.461 e. The van der Waals surface area contributed by atoms with E-state index in [1.807, 2.05) is 36.5 Å². The highest BCUT2D eigenvalue weighted by Gasteiger charge is 2.24. The van der Waals surface area contributed by atoms with Crippen molar-refractivity contribution in [1.29, 1.82) is 0 Å². The number of aromatic nitrogens is 2. The van der Waals surface area contributed by atoms with Crippen LogP contribution in [0, 0.1) is 0 Å². The van der Waals surface area contributed by atoms with Crippen molar-refractivity contribution in [2.45, 2.75) is 32.1 Å². The van der Waals surface area contributed by atoms with Gasteiger partial charge in [0.2, 0.25) is 0 Å². The van der Waals surface area contributed by atoms with Gasteiger partial charge in [-0.15, -0.1) is 13.2 Å². The molecule has 3 aromatic rings. The van der Waals surface area contributed by atoms with E-state index in [0.29, 0.717) is 24.7 Å². The number of nitrogens with zero attached hydrogens (tertiary/aromatic N) is 1. The first-order valence-electron chi connectivity index (χ1n) is 9.19. The first-order valence-corrected chi connectivity index (χ1v) is 9.19. The van der Waals surface area contributed by atoms with E-state index in [1.165, 1.54) is 0 Å². The fourth-order valence-corrected chi connectivity index (χ4v) is 2.91. The number of rotatable bonds is 10. The number of para-hydroxylation sites is 1. The summed E-state index contributed by atoms with van der Waals surface area (Å²) in [7, 11) is 0. The van der Waals surface area contributed by atoms with Crippen LogP contribution in [-0.4, -0.2) is 22.5 Å². The Balaban J connectivity index is 1.91. The second-order valence-electron chi connectivity index (χ2n) is 6.28. The van der Waals surface area contributed by atoms with Gasteiger partial charge in [-0.3, -0.25) is 0 Å². The van der Waals surface area contributed by atoms with Crippen LogP contribution in [0.4, 0.5) is 0 Å². The molecule has 0 atom stereocenters. The Kier molecular flexibility index (Phi) is 6.26. The second-order valence-corrected chi connectivity index (χ2v) is 6.28. The summed E-state index contributed by atoms with van der Waals surface area (Å²) in [6.07, 6.45) is 9.42. The number of hydrogen-bond donors (Lipinski definition) is 1. The molecule has 0 amide bonds. The average Bonchev–Trinajstić information content (AvgIpc) is 3.29. The zero-order valence-electron chi connectivity index (χ0n) is 15.4. The average molecular weight is 364 g/mol. The van der Waals surface area contributed by atoms with Crippen LogP contribution in [0.1, 0.15) is 42.1 Å². The summed E-state index contributed by atoms with van der Waals surface area (Å²) in [6, 6.07) is 7.88. The number of aromatic amines is 1. The number of carbonyl (C=O) groups is 1. The maximum atomic E-state index is 12.6. The van der Waals surface area contributed by atoms with Gasteiger partial charge in [-0.25, -0.2) is 9.78 Å². The molecule has 0 aliphatic carbocycles. The van der Waals surface area contributed by atoms with E-state index in [1.54, 1.807) is 6.08 Å². The molecule has 0 spiro atoms. The quantitative estimate of drug-likeness (QED) is 0.295. The van der Waals surface area contributed by atoms with Crippen LogP contribution in [0.15, 0.2) is 60.2 Å². The maximum Gasteiger partial charge on any atom is 0.361 e. The molecule has 1 aromatic carbocycles. The molecule has 27 heavy (non-hydrogen) atoms. The number of allylic oxidation sites excluding steroid dienone is 2. The Morgan fingerprint density at radius 3 is 2.78 bits per heavy atom. The Bertz CT molecular complexity index is 936. The van der Waals surface area contributed by atoms with Crippen molar-refractivity contribution in [1.82, 2.24) is 9.97 Å². The number of oxazole rings is 1. The van der Waals surface area contributed by atoms with Gasteiger partial charge in [0.05, 0.1) is 6.61 Å². The van der Waals surface area contributed by atoms with Crippen LogP contribution >= 0.6 is 0 Å². The lowest BCUT2D eigenvalue weighted by atomic mass is 10.1. The van der Waals surface area contributed by atoms with Gasteiger partial charge in [-0.2, -0.15) is 0 Å². The molecule has 140 valence electrons. The van der Waals surface area contributed by atoms with Gasteiger partial charge in [0, 0.05) is 29.1 Å². The van der Waals surface area contributed by atoms with E-state index in [-0.39, 0.29) is 5.69 Å². The molecule has 0 fully saturated rings. The number of carbonyl (C=O) groups excluding carboxylic acids is 1. The van der Waals surface area contributed by atoms with E-state index in [2.05, 4.69) is 23.1 Å². The van der Waals surface area contributed by atoms with Crippen LogP contribution in [0.2, 0.25) is 0 Å². The van der Waals surface area contributed by atoms with Crippen molar-refractivity contribution in [3.8, 4) is 11.3 Å². The van der Waals surface area contributed by atoms with Crippen molar-refractivity contribution >= 4 is 16.9 Å². The van der Waals surface area contributed by atoms with Gasteiger partial charge in [-0.05, 0) is 31.7 Å². The number of ether oxygens (including phenoxy) is 1. The molecule has 2 heterocycles. The van der Waals surface area contributed by atoms with E-state index in [4.69, 9.17) is 9.15 Å². The number of nitrogens with one attached hydrogen (secondary N) is 1. The zero-order valence-corrected chi connectivity index (χ0v) is 15.4. The molecular weight excluding hydrogens is 340 g/mol. The van der Waals surface area contributed by atoms with Crippen LogP contribution in [-0.2, 0) is 11.2 Å². The smallest absolute Gasteiger partial charge is 0.361 e. The largest absolute Gasteiger partial charge is 0.461 e. The lowest BCUT2D eigenvalue weighted by Crippen LogP contribution is -2.08. The molecule has 1 N–H and O–H groups in total. The standard InChI is InChI=1S/C22H24N2O3/c1-3-5-7-13-19-24-20(22(25)26-14-10-6-4-2)21(27-19)17-15-23-18-12-9-8-11-16(17)18/h3-4,8-9,11-12,15,23H,1-2,5-7,10,13-14H2. The minimum atomic E-state index is -0.460. The highest BCUT2D eigenvalue weighted by atomic mass is 16.5. The van der Waals surface area contributed by atoms with E-state index in [0.717, 1.165) is 42.1 Å². The minimum absolute atomic E-state index is 0.229. The summed E-state index contributed by atoms with van der Waals surface area (Å²) in [5.41, 5.74) is 2.01. The Hall–Kier alpha value is -3.08. The molecule has 0 saturated heterocycles. The fraction of sp³-hybridized carbons (Fsp3) is 0.273. The van der Waals surface area contributed by atoms with Crippen molar-refractivity contribution < 1.29 is 13.9 Å². The third kappa shape index (κ3) is 4.37. The second kappa shape index (κ2) is 9.03. The first kappa shape index (κ1) is 18.7. The van der Waals surface area contributed by atoms with Gasteiger partial charge >= 0.3 is 5.97 Å². The molecule has 3 rings (SSSR count). The predicted molar refractivity (Wildman–Crippen MR) is 107 cm³/mol. The van der Waals surface area contributed by atoms with Crippen LogP contribution in [0.5, 0.6) is 0 Å². The van der Waals surface area contributed by atoms with Crippen molar-refractivity contribution in [3.05, 3.63) is 67.4 Å². The molecular formula is C22H24N2O3. The summed E-state index contributed by atoms with van der Waals surface area (Å²) in [4.78, 5) is 20.3. The molecule has 0 aliphatic rings. The van der Waals surface area contributed by atoms with Gasteiger partial charge < -0.3 is 14.1 Å². The molecule has 2 aromatic heterocycles. The summed E-state index contributed by atoms with van der Waals surface area (Å²) < 4.78 is 11.4. The molecule has 0 unspecified atom stereocenters. The number of benzene rings is 1. The summed E-state index contributed by atoms with van der Waals surface area (Å²) >= 11 is 0. The number of hydrogen-bond acceptors (Lipinski definition) is 4. The van der Waals surface area contributed by atoms with Gasteiger partial charge in [-0.1, -0.05) is 30.4 Å². The molecule has 0 aliphatic heterocycles. The van der Waals surface area contributed by atoms with E-state index in [9.17, 15) is 4.79 Å². The topological polar surface area (TPSA) is 68.1 Å². The van der Waals surface area contributed by atoms with Gasteiger partial charge in [0.15, 0.2) is 17.3 Å². The number of unbranched alkanes of at least 4 members (excludes halogenated alkanes) is 2. The Morgan fingerprint density at radius 2 is 1.96 bits per heavy atom. The van der Waals surface area contributed by atoms with Crippen molar-refractivity contribution in [2.24, 2.45) is 0 Å². The Labute approximate surface area is 158 Å². The van der Waals surface area contributed by atoms with Crippen LogP contribution in [0.3, 0.4) is 0 Å². The molecule has 0 radical (unpaired) electrons. The van der Waals surface area contributed by atoms with Crippen molar-refractivity contribution in [3.63, 3.8) is 0 Å². The van der Waals surface area contributed by atoms with Gasteiger partial charge in [0.25, 0.3) is 0 Å².